The average Bonchev–Trinajstić information content (AvgIpc) is 2.79. The van der Waals surface area contributed by atoms with Gasteiger partial charge in [0.1, 0.15) is 18.3 Å². The Bertz CT molecular complexity index is 639. The number of carbonyl (C=O) groups excluding carboxylic acids is 1. The monoisotopic (exact) mass is 313 g/mol. The summed E-state index contributed by atoms with van der Waals surface area (Å²) >= 11 is 0. The third kappa shape index (κ3) is 3.74. The van der Waals surface area contributed by atoms with E-state index in [1.54, 1.807) is 0 Å². The first-order valence-corrected chi connectivity index (χ1v) is 8.30. The summed E-state index contributed by atoms with van der Waals surface area (Å²) in [5.41, 5.74) is 0.510. The maximum atomic E-state index is 12.1. The minimum Gasteiger partial charge on any atom is -0.492 e. The second-order valence-electron chi connectivity index (χ2n) is 5.46. The maximum absolute atomic E-state index is 12.1. The van der Waals surface area contributed by atoms with Gasteiger partial charge in [0.05, 0.1) is 11.5 Å². The van der Waals surface area contributed by atoms with Crippen LogP contribution >= 0.6 is 0 Å². The molecule has 1 aromatic carbocycles. The van der Waals surface area contributed by atoms with Crippen LogP contribution in [0.15, 0.2) is 23.1 Å². The molecule has 0 saturated carbocycles. The zero-order valence-electron chi connectivity index (χ0n) is 12.0. The van der Waals surface area contributed by atoms with Gasteiger partial charge in [-0.3, -0.25) is 4.79 Å². The molecule has 0 spiro atoms. The molecular weight excluding hydrogens is 294 g/mol. The highest BCUT2D eigenvalue weighted by atomic mass is 32.2. The molecule has 0 aromatic heterocycles. The van der Waals surface area contributed by atoms with Crippen molar-refractivity contribution < 1.29 is 22.7 Å². The standard InChI is InChI=1S/C14H19NO5S/c1-9(2)5-6-19-14(16)12-8-20-13-4-3-10(7-11(12)13)21(15,17)18/h3-4,7,9,12H,5-6,8H2,1-2H3,(H2,15,17,18). The Hall–Kier alpha value is -1.60. The van der Waals surface area contributed by atoms with Crippen LogP contribution in [0.4, 0.5) is 0 Å². The summed E-state index contributed by atoms with van der Waals surface area (Å²) in [7, 11) is -3.81. The highest BCUT2D eigenvalue weighted by molar-refractivity contribution is 7.89. The molecule has 1 aliphatic heterocycles. The zero-order chi connectivity index (χ0) is 15.6. The van der Waals surface area contributed by atoms with Gasteiger partial charge in [-0.2, -0.15) is 0 Å². The second kappa shape index (κ2) is 6.03. The van der Waals surface area contributed by atoms with Crippen molar-refractivity contribution in [3.05, 3.63) is 23.8 Å². The SMILES string of the molecule is CC(C)CCOC(=O)C1COc2ccc(S(N)(=O)=O)cc21. The summed E-state index contributed by atoms with van der Waals surface area (Å²) in [5, 5.41) is 5.10. The Balaban J connectivity index is 2.15. The lowest BCUT2D eigenvalue weighted by Gasteiger charge is -2.11. The lowest BCUT2D eigenvalue weighted by atomic mass is 10.0. The van der Waals surface area contributed by atoms with Gasteiger partial charge in [0.2, 0.25) is 10.0 Å². The molecule has 1 heterocycles. The number of sulfonamides is 1. The fourth-order valence-corrected chi connectivity index (χ4v) is 2.61. The van der Waals surface area contributed by atoms with E-state index in [2.05, 4.69) is 0 Å². The van der Waals surface area contributed by atoms with Crippen molar-refractivity contribution in [1.29, 1.82) is 0 Å². The van der Waals surface area contributed by atoms with E-state index in [4.69, 9.17) is 14.6 Å². The van der Waals surface area contributed by atoms with E-state index in [0.717, 1.165) is 6.42 Å². The number of ether oxygens (including phenoxy) is 2. The quantitative estimate of drug-likeness (QED) is 0.829. The summed E-state index contributed by atoms with van der Waals surface area (Å²) in [4.78, 5) is 12.0. The molecule has 0 bridgehead atoms. The smallest absolute Gasteiger partial charge is 0.317 e. The van der Waals surface area contributed by atoms with Gasteiger partial charge in [0.25, 0.3) is 0 Å². The highest BCUT2D eigenvalue weighted by Crippen LogP contribution is 2.36. The minimum absolute atomic E-state index is 0.0354. The molecule has 1 aromatic rings. The van der Waals surface area contributed by atoms with Crippen LogP contribution in [0.2, 0.25) is 0 Å². The average molecular weight is 313 g/mol. The Kier molecular flexibility index (Phi) is 4.53. The van der Waals surface area contributed by atoms with Gasteiger partial charge in [0, 0.05) is 5.56 Å². The first-order chi connectivity index (χ1) is 9.79. The molecule has 7 heteroatoms. The normalized spacial score (nSPS) is 17.4. The second-order valence-corrected chi connectivity index (χ2v) is 7.02. The summed E-state index contributed by atoms with van der Waals surface area (Å²) in [6.45, 7) is 4.58. The molecule has 21 heavy (non-hydrogen) atoms. The third-order valence-electron chi connectivity index (χ3n) is 3.31. The van der Waals surface area contributed by atoms with Crippen molar-refractivity contribution in [2.45, 2.75) is 31.1 Å². The molecule has 1 aliphatic rings. The van der Waals surface area contributed by atoms with Gasteiger partial charge in [-0.1, -0.05) is 13.8 Å². The van der Waals surface area contributed by atoms with E-state index >= 15 is 0 Å². The van der Waals surface area contributed by atoms with Gasteiger partial charge in [-0.25, -0.2) is 13.6 Å². The van der Waals surface area contributed by atoms with Crippen LogP contribution in [0.3, 0.4) is 0 Å². The first-order valence-electron chi connectivity index (χ1n) is 6.75. The van der Waals surface area contributed by atoms with Gasteiger partial charge >= 0.3 is 5.97 Å². The molecule has 0 amide bonds. The Labute approximate surface area is 124 Å². The Morgan fingerprint density at radius 2 is 2.19 bits per heavy atom. The third-order valence-corrected chi connectivity index (χ3v) is 4.23. The number of hydrogen-bond acceptors (Lipinski definition) is 5. The molecular formula is C14H19NO5S. The number of carbonyl (C=O) groups is 1. The molecule has 2 N–H and O–H groups in total. The summed E-state index contributed by atoms with van der Waals surface area (Å²) < 4.78 is 33.4. The van der Waals surface area contributed by atoms with Crippen LogP contribution in [-0.2, 0) is 19.6 Å². The van der Waals surface area contributed by atoms with Gasteiger partial charge in [-0.05, 0) is 30.5 Å². The molecule has 1 unspecified atom stereocenters. The number of hydrogen-bond donors (Lipinski definition) is 1. The number of nitrogens with two attached hydrogens (primary N) is 1. The van der Waals surface area contributed by atoms with Crippen LogP contribution < -0.4 is 9.88 Å². The number of esters is 1. The van der Waals surface area contributed by atoms with Crippen LogP contribution in [0.5, 0.6) is 5.75 Å². The summed E-state index contributed by atoms with van der Waals surface area (Å²) in [6.07, 6.45) is 0.781. The topological polar surface area (TPSA) is 95.7 Å². The lowest BCUT2D eigenvalue weighted by Crippen LogP contribution is -2.19. The lowest BCUT2D eigenvalue weighted by molar-refractivity contribution is -0.146. The fraction of sp³-hybridized carbons (Fsp3) is 0.500. The van der Waals surface area contributed by atoms with E-state index in [1.807, 2.05) is 13.8 Å². The van der Waals surface area contributed by atoms with Crippen molar-refractivity contribution in [3.63, 3.8) is 0 Å². The molecule has 0 saturated heterocycles. The van der Waals surface area contributed by atoms with Gasteiger partial charge in [0.15, 0.2) is 0 Å². The van der Waals surface area contributed by atoms with Gasteiger partial charge < -0.3 is 9.47 Å². The van der Waals surface area contributed by atoms with E-state index in [9.17, 15) is 13.2 Å². The van der Waals surface area contributed by atoms with Gasteiger partial charge in [-0.15, -0.1) is 0 Å². The highest BCUT2D eigenvalue weighted by Gasteiger charge is 2.32. The largest absolute Gasteiger partial charge is 0.492 e. The van der Waals surface area contributed by atoms with Crippen LogP contribution in [-0.4, -0.2) is 27.6 Å². The van der Waals surface area contributed by atoms with E-state index in [0.29, 0.717) is 23.8 Å². The van der Waals surface area contributed by atoms with Crippen LogP contribution in [0.1, 0.15) is 31.7 Å². The number of primary sulfonamides is 1. The van der Waals surface area contributed by atoms with E-state index in [1.165, 1.54) is 18.2 Å². The predicted molar refractivity (Wildman–Crippen MR) is 76.5 cm³/mol. The predicted octanol–water partition coefficient (Wildman–Crippen LogP) is 1.40. The molecule has 0 aliphatic carbocycles. The number of fused-ring (bicyclic) bond motifs is 1. The van der Waals surface area contributed by atoms with Crippen molar-refractivity contribution in [3.8, 4) is 5.75 Å². The van der Waals surface area contributed by atoms with Crippen LogP contribution in [0, 0.1) is 5.92 Å². The van der Waals surface area contributed by atoms with Crippen molar-refractivity contribution in [2.75, 3.05) is 13.2 Å². The fourth-order valence-electron chi connectivity index (χ4n) is 2.06. The maximum Gasteiger partial charge on any atom is 0.317 e. The van der Waals surface area contributed by atoms with E-state index < -0.39 is 21.9 Å². The molecule has 2 rings (SSSR count). The molecule has 0 fully saturated rings. The minimum atomic E-state index is -3.81. The molecule has 116 valence electrons. The molecule has 1 atom stereocenters. The zero-order valence-corrected chi connectivity index (χ0v) is 12.9. The van der Waals surface area contributed by atoms with Crippen molar-refractivity contribution >= 4 is 16.0 Å². The Morgan fingerprint density at radius 1 is 1.48 bits per heavy atom. The summed E-state index contributed by atoms with van der Waals surface area (Å²) in [5.74, 6) is -0.0676. The molecule has 0 radical (unpaired) electrons. The first kappa shape index (κ1) is 15.8. The Morgan fingerprint density at radius 3 is 2.81 bits per heavy atom. The van der Waals surface area contributed by atoms with Crippen molar-refractivity contribution in [1.82, 2.24) is 0 Å². The number of rotatable bonds is 5. The molecule has 6 nitrogen and oxygen atoms in total. The van der Waals surface area contributed by atoms with Crippen molar-refractivity contribution in [2.24, 2.45) is 11.1 Å². The van der Waals surface area contributed by atoms with E-state index in [-0.39, 0.29) is 11.5 Å². The number of benzene rings is 1. The summed E-state index contributed by atoms with van der Waals surface area (Å²) in [6, 6.07) is 4.25. The van der Waals surface area contributed by atoms with Crippen LogP contribution in [0.25, 0.3) is 0 Å².